The zero-order chi connectivity index (χ0) is 21.9. The summed E-state index contributed by atoms with van der Waals surface area (Å²) >= 11 is 0. The number of nitrogens with one attached hydrogen (secondary N) is 1. The van der Waals surface area contributed by atoms with Crippen LogP contribution in [0.2, 0.25) is 0 Å². The fraction of sp³-hybridized carbons (Fsp3) is 0.300. The van der Waals surface area contributed by atoms with Crippen molar-refractivity contribution in [2.24, 2.45) is 0 Å². The molecule has 0 fully saturated rings. The van der Waals surface area contributed by atoms with E-state index in [1.54, 1.807) is 24.3 Å². The second-order valence-electron chi connectivity index (χ2n) is 5.83. The van der Waals surface area contributed by atoms with E-state index >= 15 is 0 Å². The summed E-state index contributed by atoms with van der Waals surface area (Å²) in [7, 11) is 1.37. The van der Waals surface area contributed by atoms with E-state index in [0.717, 1.165) is 0 Å². The lowest BCUT2D eigenvalue weighted by Gasteiger charge is -2.11. The van der Waals surface area contributed by atoms with Gasteiger partial charge in [0.15, 0.2) is 18.1 Å². The number of nitro benzene ring substituents is 1. The van der Waals surface area contributed by atoms with Crippen molar-refractivity contribution in [3.05, 3.63) is 52.6 Å². The van der Waals surface area contributed by atoms with Crippen molar-refractivity contribution in [2.45, 2.75) is 13.3 Å². The summed E-state index contributed by atoms with van der Waals surface area (Å²) in [6, 6.07) is 11.0. The summed E-state index contributed by atoms with van der Waals surface area (Å²) in [5.74, 6) is -0.0231. The highest BCUT2D eigenvalue weighted by Crippen LogP contribution is 2.29. The topological polar surface area (TPSA) is 126 Å². The molecule has 0 radical (unpaired) electrons. The quantitative estimate of drug-likeness (QED) is 0.335. The minimum atomic E-state index is -0.709. The van der Waals surface area contributed by atoms with Crippen molar-refractivity contribution in [2.75, 3.05) is 32.2 Å². The van der Waals surface area contributed by atoms with Gasteiger partial charge in [-0.3, -0.25) is 19.7 Å². The lowest BCUT2D eigenvalue weighted by molar-refractivity contribution is -0.384. The maximum atomic E-state index is 12.0. The second-order valence-corrected chi connectivity index (χ2v) is 5.83. The zero-order valence-electron chi connectivity index (χ0n) is 16.6. The molecular formula is C20H22N2O8. The van der Waals surface area contributed by atoms with Gasteiger partial charge in [-0.1, -0.05) is 12.1 Å². The van der Waals surface area contributed by atoms with Gasteiger partial charge in [-0.2, -0.15) is 0 Å². The first-order valence-corrected chi connectivity index (χ1v) is 9.07. The number of carbonyl (C=O) groups excluding carboxylic acids is 2. The molecular weight excluding hydrogens is 396 g/mol. The summed E-state index contributed by atoms with van der Waals surface area (Å²) in [5.41, 5.74) is -0.367. The number of hydrogen-bond acceptors (Lipinski definition) is 8. The molecule has 10 nitrogen and oxygen atoms in total. The predicted molar refractivity (Wildman–Crippen MR) is 107 cm³/mol. The first-order valence-electron chi connectivity index (χ1n) is 9.07. The van der Waals surface area contributed by atoms with Crippen LogP contribution in [0.25, 0.3) is 0 Å². The van der Waals surface area contributed by atoms with Gasteiger partial charge in [0, 0.05) is 0 Å². The normalized spacial score (nSPS) is 10.1. The fourth-order valence-corrected chi connectivity index (χ4v) is 2.39. The van der Waals surface area contributed by atoms with Crippen LogP contribution in [0.1, 0.15) is 13.3 Å². The van der Waals surface area contributed by atoms with Crippen LogP contribution in [0, 0.1) is 10.1 Å². The molecule has 0 aliphatic heterocycles. The first kappa shape index (κ1) is 22.5. The van der Waals surface area contributed by atoms with Gasteiger partial charge >= 0.3 is 5.97 Å². The molecule has 2 rings (SSSR count). The molecule has 0 spiro atoms. The van der Waals surface area contributed by atoms with E-state index in [9.17, 15) is 19.7 Å². The van der Waals surface area contributed by atoms with Crippen LogP contribution < -0.4 is 19.5 Å². The van der Waals surface area contributed by atoms with E-state index in [1.807, 2.05) is 6.92 Å². The number of rotatable bonds is 11. The Hall–Kier alpha value is -3.82. The van der Waals surface area contributed by atoms with E-state index in [-0.39, 0.29) is 30.2 Å². The lowest BCUT2D eigenvalue weighted by atomic mass is 10.2. The van der Waals surface area contributed by atoms with Crippen molar-refractivity contribution in [3.8, 4) is 17.2 Å². The molecule has 0 aliphatic rings. The van der Waals surface area contributed by atoms with Crippen LogP contribution in [0.4, 0.5) is 11.4 Å². The molecule has 10 heteroatoms. The largest absolute Gasteiger partial charge is 0.496 e. The van der Waals surface area contributed by atoms with Gasteiger partial charge < -0.3 is 24.3 Å². The Bertz CT molecular complexity index is 900. The predicted octanol–water partition coefficient (Wildman–Crippen LogP) is 2.95. The number of amides is 1. The maximum Gasteiger partial charge on any atom is 0.309 e. The van der Waals surface area contributed by atoms with Crippen molar-refractivity contribution in [3.63, 3.8) is 0 Å². The number of anilines is 1. The van der Waals surface area contributed by atoms with E-state index in [2.05, 4.69) is 5.32 Å². The molecule has 0 unspecified atom stereocenters. The Morgan fingerprint density at radius 1 is 1.10 bits per heavy atom. The number of hydrogen-bond donors (Lipinski definition) is 1. The van der Waals surface area contributed by atoms with Gasteiger partial charge in [0.2, 0.25) is 0 Å². The van der Waals surface area contributed by atoms with Gasteiger partial charge in [0.25, 0.3) is 11.6 Å². The van der Waals surface area contributed by atoms with E-state index in [0.29, 0.717) is 18.1 Å². The van der Waals surface area contributed by atoms with Gasteiger partial charge in [-0.25, -0.2) is 0 Å². The van der Waals surface area contributed by atoms with Crippen molar-refractivity contribution in [1.82, 2.24) is 0 Å². The van der Waals surface area contributed by atoms with Crippen LogP contribution in [-0.4, -0.2) is 43.7 Å². The van der Waals surface area contributed by atoms with E-state index in [1.165, 1.54) is 25.3 Å². The van der Waals surface area contributed by atoms with Crippen LogP contribution >= 0.6 is 0 Å². The fourth-order valence-electron chi connectivity index (χ4n) is 2.39. The smallest absolute Gasteiger partial charge is 0.309 e. The van der Waals surface area contributed by atoms with Crippen LogP contribution in [0.5, 0.6) is 17.2 Å². The highest BCUT2D eigenvalue weighted by Gasteiger charge is 2.18. The van der Waals surface area contributed by atoms with Crippen molar-refractivity contribution < 1.29 is 33.5 Å². The first-order chi connectivity index (χ1) is 14.4. The third-order valence-corrected chi connectivity index (χ3v) is 3.75. The van der Waals surface area contributed by atoms with Crippen LogP contribution in [0.3, 0.4) is 0 Å². The third-order valence-electron chi connectivity index (χ3n) is 3.75. The lowest BCUT2D eigenvalue weighted by Crippen LogP contribution is -2.22. The molecule has 0 heterocycles. The van der Waals surface area contributed by atoms with Crippen molar-refractivity contribution in [1.29, 1.82) is 0 Å². The van der Waals surface area contributed by atoms with E-state index < -0.39 is 23.4 Å². The third kappa shape index (κ3) is 6.66. The van der Waals surface area contributed by atoms with Gasteiger partial charge in [-0.15, -0.1) is 0 Å². The molecule has 1 amide bonds. The number of methoxy groups -OCH3 is 1. The zero-order valence-corrected chi connectivity index (χ0v) is 16.6. The number of para-hydroxylation sites is 2. The highest BCUT2D eigenvalue weighted by molar-refractivity contribution is 5.95. The highest BCUT2D eigenvalue weighted by atomic mass is 16.6. The molecule has 0 aromatic heterocycles. The number of esters is 1. The summed E-state index contributed by atoms with van der Waals surface area (Å²) < 4.78 is 20.7. The molecule has 0 aliphatic carbocycles. The molecule has 2 aromatic rings. The average Bonchev–Trinajstić information content (AvgIpc) is 2.74. The molecule has 160 valence electrons. The monoisotopic (exact) mass is 418 g/mol. The summed E-state index contributed by atoms with van der Waals surface area (Å²) in [5, 5.41) is 13.5. The Balaban J connectivity index is 1.80. The average molecular weight is 418 g/mol. The molecule has 0 saturated heterocycles. The Morgan fingerprint density at radius 3 is 2.43 bits per heavy atom. The standard InChI is InChI=1S/C20H22N2O8/c1-3-28-17-6-4-5-7-18(17)29-11-10-20(24)30-13-19(23)21-15-9-8-14(27-2)12-16(15)22(25)26/h4-9,12H,3,10-11,13H2,1-2H3,(H,21,23). The SMILES string of the molecule is CCOc1ccccc1OCCC(=O)OCC(=O)Nc1ccc(OC)cc1[N+](=O)[O-]. The van der Waals surface area contributed by atoms with Crippen molar-refractivity contribution >= 4 is 23.3 Å². The molecule has 1 N–H and O–H groups in total. The number of nitro groups is 1. The Kier molecular flexibility index (Phi) is 8.42. The van der Waals surface area contributed by atoms with Crippen LogP contribution in [-0.2, 0) is 14.3 Å². The second kappa shape index (κ2) is 11.2. The minimum Gasteiger partial charge on any atom is -0.496 e. The summed E-state index contributed by atoms with van der Waals surface area (Å²) in [6.07, 6.45) is -0.0869. The van der Waals surface area contributed by atoms with Gasteiger partial charge in [-0.05, 0) is 31.2 Å². The van der Waals surface area contributed by atoms with E-state index in [4.69, 9.17) is 18.9 Å². The molecule has 2 aromatic carbocycles. The van der Waals surface area contributed by atoms with Gasteiger partial charge in [0.1, 0.15) is 11.4 Å². The molecule has 30 heavy (non-hydrogen) atoms. The maximum absolute atomic E-state index is 12.0. The number of nitrogens with zero attached hydrogens (tertiary/aromatic N) is 1. The van der Waals surface area contributed by atoms with Crippen LogP contribution in [0.15, 0.2) is 42.5 Å². The summed E-state index contributed by atoms with van der Waals surface area (Å²) in [4.78, 5) is 34.3. The number of benzene rings is 2. The minimum absolute atomic E-state index is 0.0299. The molecule has 0 bridgehead atoms. The number of carbonyl (C=O) groups is 2. The summed E-state index contributed by atoms with van der Waals surface area (Å²) in [6.45, 7) is 1.77. The Morgan fingerprint density at radius 2 is 1.80 bits per heavy atom. The number of ether oxygens (including phenoxy) is 4. The Labute approximate surface area is 172 Å². The van der Waals surface area contributed by atoms with Gasteiger partial charge in [0.05, 0.1) is 37.7 Å². The molecule has 0 atom stereocenters. The molecule has 0 saturated carbocycles.